The molecule has 186 valence electrons. The molecule has 0 aliphatic carbocycles. The molecule has 1 heterocycles. The molecule has 0 saturated heterocycles. The van der Waals surface area contributed by atoms with Crippen LogP contribution in [0.15, 0.2) is 60.0 Å². The maximum atomic E-state index is 13.3. The molecule has 1 aromatic heterocycles. The van der Waals surface area contributed by atoms with E-state index in [-0.39, 0.29) is 5.91 Å². The summed E-state index contributed by atoms with van der Waals surface area (Å²) in [6.07, 6.45) is 2.40. The van der Waals surface area contributed by atoms with Crippen LogP contribution in [0.3, 0.4) is 0 Å². The van der Waals surface area contributed by atoms with E-state index in [0.29, 0.717) is 29.8 Å². The van der Waals surface area contributed by atoms with E-state index in [0.717, 1.165) is 30.5 Å². The Morgan fingerprint density at radius 1 is 1.00 bits per heavy atom. The van der Waals surface area contributed by atoms with Crippen LogP contribution in [0.2, 0.25) is 0 Å². The quantitative estimate of drug-likeness (QED) is 0.343. The van der Waals surface area contributed by atoms with Crippen LogP contribution in [-0.2, 0) is 17.6 Å². The predicted octanol–water partition coefficient (Wildman–Crippen LogP) is 5.83. The fraction of sp³-hybridized carbons (Fsp3) is 0.393. The molecule has 0 unspecified atom stereocenters. The Labute approximate surface area is 211 Å². The molecule has 0 atom stereocenters. The molecular weight excluding hydrogens is 460 g/mol. The second-order valence-electron chi connectivity index (χ2n) is 9.43. The number of nitrogens with zero attached hydrogens (tertiary/aromatic N) is 2. The summed E-state index contributed by atoms with van der Waals surface area (Å²) in [5.74, 6) is -0.218. The van der Waals surface area contributed by atoms with Gasteiger partial charge in [-0.3, -0.25) is 4.79 Å². The van der Waals surface area contributed by atoms with Crippen molar-refractivity contribution in [2.45, 2.75) is 58.5 Å². The molecule has 3 aromatic rings. The van der Waals surface area contributed by atoms with Crippen LogP contribution < -0.4 is 4.74 Å². The molecule has 0 radical (unpaired) electrons. The third-order valence-corrected chi connectivity index (χ3v) is 6.65. The highest BCUT2D eigenvalue weighted by atomic mass is 32.1. The molecule has 6 nitrogen and oxygen atoms in total. The fourth-order valence-electron chi connectivity index (χ4n) is 3.54. The summed E-state index contributed by atoms with van der Waals surface area (Å²) >= 11 is 1.42. The number of ether oxygens (including phenoxy) is 1. The largest absolute Gasteiger partial charge is 0.478 e. The maximum absolute atomic E-state index is 13.3. The summed E-state index contributed by atoms with van der Waals surface area (Å²) in [4.78, 5) is 31.0. The summed E-state index contributed by atoms with van der Waals surface area (Å²) < 4.78 is 5.58. The summed E-state index contributed by atoms with van der Waals surface area (Å²) in [7, 11) is 0. The molecule has 0 bridgehead atoms. The van der Waals surface area contributed by atoms with E-state index < -0.39 is 11.6 Å². The van der Waals surface area contributed by atoms with Gasteiger partial charge in [0.2, 0.25) is 0 Å². The maximum Gasteiger partial charge on any atom is 0.347 e. The average Bonchev–Trinajstić information content (AvgIpc) is 3.33. The summed E-state index contributed by atoms with van der Waals surface area (Å²) in [5, 5.41) is 11.8. The third-order valence-electron chi connectivity index (χ3n) is 5.80. The number of benzene rings is 2. The van der Waals surface area contributed by atoms with Gasteiger partial charge in [0.25, 0.3) is 5.91 Å². The number of thiazole rings is 1. The zero-order valence-electron chi connectivity index (χ0n) is 20.9. The van der Waals surface area contributed by atoms with Gasteiger partial charge in [-0.2, -0.15) is 0 Å². The van der Waals surface area contributed by atoms with Gasteiger partial charge < -0.3 is 14.7 Å². The van der Waals surface area contributed by atoms with E-state index in [1.807, 2.05) is 40.6 Å². The van der Waals surface area contributed by atoms with Crippen molar-refractivity contribution in [2.75, 3.05) is 13.1 Å². The lowest BCUT2D eigenvalue weighted by atomic mass is 10.1. The van der Waals surface area contributed by atoms with Gasteiger partial charge in [0.1, 0.15) is 5.75 Å². The fourth-order valence-corrected chi connectivity index (χ4v) is 4.49. The molecule has 0 saturated carbocycles. The summed E-state index contributed by atoms with van der Waals surface area (Å²) in [6, 6.07) is 17.7. The Kier molecular flexibility index (Phi) is 9.04. The lowest BCUT2D eigenvalue weighted by Gasteiger charge is -2.22. The molecule has 0 aliphatic heterocycles. The van der Waals surface area contributed by atoms with Crippen LogP contribution in [0.25, 0.3) is 0 Å². The van der Waals surface area contributed by atoms with E-state index in [4.69, 9.17) is 4.74 Å². The Bertz CT molecular complexity index is 1110. The van der Waals surface area contributed by atoms with E-state index in [9.17, 15) is 14.7 Å². The van der Waals surface area contributed by atoms with Crippen LogP contribution in [0.1, 0.15) is 66.7 Å². The molecule has 0 spiro atoms. The van der Waals surface area contributed by atoms with Crippen LogP contribution in [0.4, 0.5) is 0 Å². The number of amides is 1. The number of carbonyl (C=O) groups excluding carboxylic acids is 1. The number of aliphatic carboxylic acids is 1. The van der Waals surface area contributed by atoms with Crippen LogP contribution >= 0.6 is 11.3 Å². The third kappa shape index (κ3) is 7.65. The first kappa shape index (κ1) is 26.4. The van der Waals surface area contributed by atoms with Crippen LogP contribution in [0.5, 0.6) is 5.75 Å². The Balaban J connectivity index is 1.62. The first-order chi connectivity index (χ1) is 16.7. The van der Waals surface area contributed by atoms with Crippen molar-refractivity contribution in [3.63, 3.8) is 0 Å². The van der Waals surface area contributed by atoms with Crippen molar-refractivity contribution in [3.05, 3.63) is 81.8 Å². The van der Waals surface area contributed by atoms with E-state index >= 15 is 0 Å². The second kappa shape index (κ2) is 12.0. The van der Waals surface area contributed by atoms with Crippen molar-refractivity contribution in [3.8, 4) is 5.75 Å². The molecule has 2 aromatic carbocycles. The smallest absolute Gasteiger partial charge is 0.347 e. The van der Waals surface area contributed by atoms with Crippen molar-refractivity contribution in [2.24, 2.45) is 0 Å². The van der Waals surface area contributed by atoms with Gasteiger partial charge >= 0.3 is 5.97 Å². The molecule has 35 heavy (non-hydrogen) atoms. The minimum atomic E-state index is -1.29. The lowest BCUT2D eigenvalue weighted by molar-refractivity contribution is -0.152. The van der Waals surface area contributed by atoms with Gasteiger partial charge in [-0.1, -0.05) is 56.3 Å². The Morgan fingerprint density at radius 2 is 1.66 bits per heavy atom. The molecule has 1 amide bonds. The van der Waals surface area contributed by atoms with E-state index in [2.05, 4.69) is 31.0 Å². The molecule has 1 N–H and O–H groups in total. The normalized spacial score (nSPS) is 11.5. The Morgan fingerprint density at radius 3 is 2.26 bits per heavy atom. The van der Waals surface area contributed by atoms with Gasteiger partial charge in [0, 0.05) is 18.5 Å². The molecule has 0 aliphatic rings. The molecule has 0 fully saturated rings. The summed E-state index contributed by atoms with van der Waals surface area (Å²) in [5.41, 5.74) is 1.98. The highest BCUT2D eigenvalue weighted by molar-refractivity contribution is 7.11. The van der Waals surface area contributed by atoms with Gasteiger partial charge in [0.15, 0.2) is 10.6 Å². The Hall–Kier alpha value is -3.19. The highest BCUT2D eigenvalue weighted by Gasteiger charge is 2.29. The molecule has 3 rings (SSSR count). The van der Waals surface area contributed by atoms with Gasteiger partial charge in [-0.15, -0.1) is 11.3 Å². The van der Waals surface area contributed by atoms with Crippen molar-refractivity contribution >= 4 is 23.2 Å². The van der Waals surface area contributed by atoms with Crippen molar-refractivity contribution in [1.29, 1.82) is 0 Å². The second-order valence-corrected chi connectivity index (χ2v) is 10.3. The van der Waals surface area contributed by atoms with Crippen molar-refractivity contribution < 1.29 is 19.4 Å². The monoisotopic (exact) mass is 494 g/mol. The molecule has 7 heteroatoms. The average molecular weight is 495 g/mol. The van der Waals surface area contributed by atoms with Gasteiger partial charge in [0.05, 0.1) is 5.69 Å². The minimum absolute atomic E-state index is 0.0162. The number of hydrogen-bond acceptors (Lipinski definition) is 5. The molecular formula is C28H34N2O4S. The number of carboxylic acid groups (broad SMARTS) is 1. The van der Waals surface area contributed by atoms with Crippen LogP contribution in [0, 0.1) is 0 Å². The number of carbonyl (C=O) groups is 2. The van der Waals surface area contributed by atoms with Crippen LogP contribution in [-0.4, -0.2) is 45.6 Å². The zero-order valence-corrected chi connectivity index (χ0v) is 21.7. The minimum Gasteiger partial charge on any atom is -0.478 e. The summed E-state index contributed by atoms with van der Waals surface area (Å²) in [6.45, 7) is 8.47. The number of carboxylic acids is 1. The van der Waals surface area contributed by atoms with Gasteiger partial charge in [-0.25, -0.2) is 9.78 Å². The number of aromatic nitrogens is 1. The standard InChI is InChI=1S/C28H34N2O4S/c1-20(2)24-19-35-25(29-24)26(31)30(18-16-21-9-6-5-7-10-21)17-8-11-22-12-14-23(15-13-22)34-28(3,4)27(32)33/h5-7,9-10,12-15,19-20H,8,11,16-18H2,1-4H3,(H,32,33). The number of aryl methyl sites for hydroxylation is 1. The SMILES string of the molecule is CC(C)c1csc(C(=O)N(CCCc2ccc(OC(C)(C)C(=O)O)cc2)CCc2ccccc2)n1. The van der Waals surface area contributed by atoms with E-state index in [1.165, 1.54) is 30.7 Å². The topological polar surface area (TPSA) is 79.7 Å². The number of rotatable bonds is 12. The number of hydrogen-bond donors (Lipinski definition) is 1. The van der Waals surface area contributed by atoms with E-state index in [1.54, 1.807) is 12.1 Å². The van der Waals surface area contributed by atoms with Crippen molar-refractivity contribution in [1.82, 2.24) is 9.88 Å². The first-order valence-electron chi connectivity index (χ1n) is 12.0. The predicted molar refractivity (Wildman–Crippen MR) is 139 cm³/mol. The highest BCUT2D eigenvalue weighted by Crippen LogP contribution is 2.21. The lowest BCUT2D eigenvalue weighted by Crippen LogP contribution is -2.37. The zero-order chi connectivity index (χ0) is 25.4. The first-order valence-corrected chi connectivity index (χ1v) is 12.8. The van der Waals surface area contributed by atoms with Gasteiger partial charge in [-0.05, 0) is 62.3 Å².